The molecule has 94 valence electrons. The Morgan fingerprint density at radius 2 is 2.06 bits per heavy atom. The van der Waals surface area contributed by atoms with Crippen LogP contribution in [0.1, 0.15) is 29.0 Å². The maximum absolute atomic E-state index is 11.6. The van der Waals surface area contributed by atoms with Gasteiger partial charge >= 0.3 is 5.97 Å². The molecular weight excluding hydrogens is 339 g/mol. The molecule has 1 atom stereocenters. The number of carbonyl (C=O) groups is 1. The molecule has 18 heavy (non-hydrogen) atoms. The number of methoxy groups -OCH3 is 1. The molecule has 1 aromatic heterocycles. The molecule has 2 aromatic rings. The van der Waals surface area contributed by atoms with E-state index in [2.05, 4.69) is 27.6 Å². The number of carbonyl (C=O) groups excluding carboxylic acids is 1. The van der Waals surface area contributed by atoms with Crippen molar-refractivity contribution in [3.8, 4) is 0 Å². The molecule has 5 heteroatoms. The molecule has 0 aliphatic rings. The summed E-state index contributed by atoms with van der Waals surface area (Å²) in [7, 11) is 1.37. The van der Waals surface area contributed by atoms with Crippen molar-refractivity contribution in [2.45, 2.75) is 13.0 Å². The van der Waals surface area contributed by atoms with Gasteiger partial charge in [0.2, 0.25) is 0 Å². The average molecular weight is 352 g/mol. The zero-order valence-electron chi connectivity index (χ0n) is 10.1. The molecule has 1 aromatic carbocycles. The molecular formula is C13H13IN2O2. The van der Waals surface area contributed by atoms with Crippen LogP contribution in [0.4, 0.5) is 0 Å². The lowest BCUT2D eigenvalue weighted by Crippen LogP contribution is -2.14. The second-order valence-corrected chi connectivity index (χ2v) is 5.15. The predicted molar refractivity (Wildman–Crippen MR) is 76.5 cm³/mol. The van der Waals surface area contributed by atoms with Gasteiger partial charge in [-0.15, -0.1) is 0 Å². The summed E-state index contributed by atoms with van der Waals surface area (Å²) in [4.78, 5) is 15.6. The molecule has 0 aliphatic carbocycles. The molecule has 0 aliphatic heterocycles. The second kappa shape index (κ2) is 5.51. The number of esters is 1. The number of aromatic nitrogens is 2. The Labute approximate surface area is 119 Å². The van der Waals surface area contributed by atoms with Crippen LogP contribution < -0.4 is 0 Å². The summed E-state index contributed by atoms with van der Waals surface area (Å²) in [5, 5.41) is 0. The predicted octanol–water partition coefficient (Wildman–Crippen LogP) is 2.88. The quantitative estimate of drug-likeness (QED) is 0.630. The number of nitrogens with zero attached hydrogens (tertiary/aromatic N) is 2. The number of ether oxygens (including phenoxy) is 1. The summed E-state index contributed by atoms with van der Waals surface area (Å²) >= 11 is 2.26. The fourth-order valence-electron chi connectivity index (χ4n) is 1.78. The number of hydrogen-bond acceptors (Lipinski definition) is 3. The first-order chi connectivity index (χ1) is 8.63. The van der Waals surface area contributed by atoms with E-state index in [0.717, 1.165) is 5.56 Å². The van der Waals surface area contributed by atoms with Crippen LogP contribution in [-0.4, -0.2) is 22.6 Å². The average Bonchev–Trinajstić information content (AvgIpc) is 2.87. The lowest BCUT2D eigenvalue weighted by atomic mass is 10.1. The van der Waals surface area contributed by atoms with Gasteiger partial charge in [-0.3, -0.25) is 0 Å². The van der Waals surface area contributed by atoms with Crippen molar-refractivity contribution in [3.63, 3.8) is 0 Å². The van der Waals surface area contributed by atoms with Gasteiger partial charge in [0, 0.05) is 3.57 Å². The summed E-state index contributed by atoms with van der Waals surface area (Å²) in [5.74, 6) is -0.370. The van der Waals surface area contributed by atoms with Crippen molar-refractivity contribution >= 4 is 28.6 Å². The van der Waals surface area contributed by atoms with Gasteiger partial charge in [-0.25, -0.2) is 9.78 Å². The Balaban J connectivity index is 2.34. The number of benzene rings is 1. The van der Waals surface area contributed by atoms with E-state index < -0.39 is 0 Å². The largest absolute Gasteiger partial charge is 0.464 e. The molecule has 0 spiro atoms. The summed E-state index contributed by atoms with van der Waals surface area (Å²) in [6, 6.07) is 8.22. The lowest BCUT2D eigenvalue weighted by Gasteiger charge is -2.16. The molecule has 0 bridgehead atoms. The topological polar surface area (TPSA) is 44.1 Å². The molecule has 2 rings (SSSR count). The van der Waals surface area contributed by atoms with Crippen molar-refractivity contribution in [3.05, 3.63) is 51.6 Å². The first-order valence-corrected chi connectivity index (χ1v) is 6.57. The summed E-state index contributed by atoms with van der Waals surface area (Å²) in [6.45, 7) is 2.02. The third-order valence-electron chi connectivity index (χ3n) is 2.83. The molecule has 0 saturated carbocycles. The standard InChI is InChI=1S/C13H13IN2O2/c1-9(10-3-5-11(14)6-4-10)16-8-15-7-12(16)13(17)18-2/h3-9H,1-2H3/t9-/m1/s1/i14-4. The smallest absolute Gasteiger partial charge is 0.356 e. The van der Waals surface area contributed by atoms with E-state index in [1.807, 2.05) is 35.8 Å². The minimum absolute atomic E-state index is 0.0404. The highest BCUT2D eigenvalue weighted by Crippen LogP contribution is 2.20. The van der Waals surface area contributed by atoms with E-state index in [4.69, 9.17) is 4.74 Å². The van der Waals surface area contributed by atoms with Gasteiger partial charge in [-0.2, -0.15) is 0 Å². The molecule has 0 fully saturated rings. The van der Waals surface area contributed by atoms with Crippen LogP contribution >= 0.6 is 22.6 Å². The highest BCUT2D eigenvalue weighted by atomic mass is 123. The van der Waals surface area contributed by atoms with Gasteiger partial charge in [0.25, 0.3) is 0 Å². The second-order valence-electron chi connectivity index (χ2n) is 3.91. The maximum Gasteiger partial charge on any atom is 0.356 e. The molecule has 4 nitrogen and oxygen atoms in total. The van der Waals surface area contributed by atoms with Gasteiger partial charge in [-0.05, 0) is 47.2 Å². The van der Waals surface area contributed by atoms with Crippen molar-refractivity contribution in [1.82, 2.24) is 9.55 Å². The zero-order valence-corrected chi connectivity index (χ0v) is 12.3. The fraction of sp³-hybridized carbons (Fsp3) is 0.231. The minimum atomic E-state index is -0.370. The first kappa shape index (κ1) is 13.1. The van der Waals surface area contributed by atoms with E-state index in [1.54, 1.807) is 6.33 Å². The molecule has 0 N–H and O–H groups in total. The molecule has 1 heterocycles. The summed E-state index contributed by atoms with van der Waals surface area (Å²) < 4.78 is 7.74. The van der Waals surface area contributed by atoms with Crippen LogP contribution in [0, 0.1) is 3.57 Å². The van der Waals surface area contributed by atoms with Crippen molar-refractivity contribution in [1.29, 1.82) is 0 Å². The number of halogens is 1. The number of rotatable bonds is 3. The van der Waals surface area contributed by atoms with E-state index in [9.17, 15) is 4.79 Å². The highest BCUT2D eigenvalue weighted by Gasteiger charge is 2.17. The normalized spacial score (nSPS) is 12.2. The van der Waals surface area contributed by atoms with Crippen LogP contribution in [0.25, 0.3) is 0 Å². The Bertz CT molecular complexity index is 548. The first-order valence-electron chi connectivity index (χ1n) is 5.49. The van der Waals surface area contributed by atoms with Crippen molar-refractivity contribution in [2.24, 2.45) is 0 Å². The van der Waals surface area contributed by atoms with E-state index in [-0.39, 0.29) is 12.0 Å². The number of imidazole rings is 1. The molecule has 0 saturated heterocycles. The van der Waals surface area contributed by atoms with Gasteiger partial charge in [0.05, 0.1) is 25.7 Å². The Morgan fingerprint density at radius 1 is 1.39 bits per heavy atom. The Hall–Kier alpha value is -1.37. The Kier molecular flexibility index (Phi) is 4.00. The van der Waals surface area contributed by atoms with E-state index >= 15 is 0 Å². The molecule has 0 amide bonds. The highest BCUT2D eigenvalue weighted by molar-refractivity contribution is 14.1. The molecule has 0 radical (unpaired) electrons. The lowest BCUT2D eigenvalue weighted by molar-refractivity contribution is 0.0587. The maximum atomic E-state index is 11.6. The van der Waals surface area contributed by atoms with Gasteiger partial charge < -0.3 is 9.30 Å². The van der Waals surface area contributed by atoms with Crippen molar-refractivity contribution in [2.75, 3.05) is 7.11 Å². The van der Waals surface area contributed by atoms with Gasteiger partial charge in [0.1, 0.15) is 5.69 Å². The summed E-state index contributed by atoms with van der Waals surface area (Å²) in [6.07, 6.45) is 3.17. The zero-order chi connectivity index (χ0) is 13.1. The van der Waals surface area contributed by atoms with Gasteiger partial charge in [-0.1, -0.05) is 12.1 Å². The van der Waals surface area contributed by atoms with Gasteiger partial charge in [0.15, 0.2) is 0 Å². The SMILES string of the molecule is COC(=O)c1cncn1[C@H](C)c1ccc([123I])cc1. The third kappa shape index (κ3) is 2.55. The van der Waals surface area contributed by atoms with Crippen LogP contribution in [0.2, 0.25) is 0 Å². The van der Waals surface area contributed by atoms with E-state index in [1.165, 1.54) is 16.9 Å². The van der Waals surface area contributed by atoms with Crippen LogP contribution in [-0.2, 0) is 4.74 Å². The van der Waals surface area contributed by atoms with E-state index in [0.29, 0.717) is 5.69 Å². The van der Waals surface area contributed by atoms with Crippen LogP contribution in [0.3, 0.4) is 0 Å². The summed E-state index contributed by atoms with van der Waals surface area (Å²) in [5.41, 5.74) is 1.59. The third-order valence-corrected chi connectivity index (χ3v) is 3.55. The number of hydrogen-bond donors (Lipinski definition) is 0. The van der Waals surface area contributed by atoms with Crippen LogP contribution in [0.5, 0.6) is 0 Å². The van der Waals surface area contributed by atoms with Crippen molar-refractivity contribution < 1.29 is 9.53 Å². The minimum Gasteiger partial charge on any atom is -0.464 e. The monoisotopic (exact) mass is 352 g/mol. The molecule has 0 unspecified atom stereocenters. The van der Waals surface area contributed by atoms with Crippen LogP contribution in [0.15, 0.2) is 36.8 Å². The Morgan fingerprint density at radius 3 is 2.67 bits per heavy atom. The fourth-order valence-corrected chi connectivity index (χ4v) is 2.14.